The van der Waals surface area contributed by atoms with E-state index in [0.717, 1.165) is 5.92 Å². The Hall–Kier alpha value is 0.250. The average molecular weight is 259 g/mol. The molecule has 2 fully saturated rings. The molecule has 0 aromatic rings. The first-order chi connectivity index (χ1) is 8.02. The van der Waals surface area contributed by atoms with E-state index in [9.17, 15) is 0 Å². The molecular weight excluding hydrogens is 232 g/mol. The average Bonchev–Trinajstić information content (AvgIpc) is 2.86. The van der Waals surface area contributed by atoms with Crippen molar-refractivity contribution in [2.24, 2.45) is 11.3 Å². The summed E-state index contributed by atoms with van der Waals surface area (Å²) in [6, 6.07) is 0. The summed E-state index contributed by atoms with van der Waals surface area (Å²) in [5, 5.41) is 0.415. The molecule has 4 atom stereocenters. The number of hydrogen-bond acceptors (Lipinski definition) is 1. The molecule has 1 saturated heterocycles. The van der Waals surface area contributed by atoms with Crippen LogP contribution < -0.4 is 0 Å². The molecule has 1 heterocycles. The zero-order valence-corrected chi connectivity index (χ0v) is 12.3. The van der Waals surface area contributed by atoms with E-state index >= 15 is 0 Å². The van der Waals surface area contributed by atoms with Crippen molar-refractivity contribution in [3.05, 3.63) is 0 Å². The second-order valence-electron chi connectivity index (χ2n) is 6.78. The summed E-state index contributed by atoms with van der Waals surface area (Å²) in [5.74, 6) is 0.754. The fourth-order valence-electron chi connectivity index (χ4n) is 3.29. The normalized spacial score (nSPS) is 37.4. The highest BCUT2D eigenvalue weighted by Gasteiger charge is 2.48. The molecule has 0 radical (unpaired) electrons. The van der Waals surface area contributed by atoms with Gasteiger partial charge in [-0.05, 0) is 43.4 Å². The van der Waals surface area contributed by atoms with Crippen molar-refractivity contribution in [1.29, 1.82) is 0 Å². The monoisotopic (exact) mass is 258 g/mol. The summed E-state index contributed by atoms with van der Waals surface area (Å²) < 4.78 is 5.91. The van der Waals surface area contributed by atoms with Gasteiger partial charge in [0.1, 0.15) is 0 Å². The van der Waals surface area contributed by atoms with Crippen molar-refractivity contribution in [2.45, 2.75) is 83.3 Å². The molecule has 4 unspecified atom stereocenters. The second-order valence-corrected chi connectivity index (χ2v) is 7.40. The van der Waals surface area contributed by atoms with Gasteiger partial charge in [-0.3, -0.25) is 0 Å². The van der Waals surface area contributed by atoms with E-state index in [2.05, 4.69) is 20.8 Å². The van der Waals surface area contributed by atoms with E-state index in [1.165, 1.54) is 44.9 Å². The smallest absolute Gasteiger partial charge is 0.0870 e. The third kappa shape index (κ3) is 3.86. The van der Waals surface area contributed by atoms with Crippen LogP contribution in [0.1, 0.15) is 65.7 Å². The quantitative estimate of drug-likeness (QED) is 0.494. The van der Waals surface area contributed by atoms with Crippen LogP contribution in [0.25, 0.3) is 0 Å². The lowest BCUT2D eigenvalue weighted by Crippen LogP contribution is -2.17. The van der Waals surface area contributed by atoms with E-state index in [4.69, 9.17) is 16.3 Å². The van der Waals surface area contributed by atoms with Crippen LogP contribution in [0.5, 0.6) is 0 Å². The Morgan fingerprint density at radius 3 is 2.65 bits per heavy atom. The van der Waals surface area contributed by atoms with Gasteiger partial charge in [0.2, 0.25) is 0 Å². The Labute approximate surface area is 111 Å². The van der Waals surface area contributed by atoms with Crippen LogP contribution in [0.3, 0.4) is 0 Å². The van der Waals surface area contributed by atoms with Crippen molar-refractivity contribution >= 4 is 11.6 Å². The maximum absolute atomic E-state index is 6.17. The molecule has 100 valence electrons. The summed E-state index contributed by atoms with van der Waals surface area (Å²) in [6.07, 6.45) is 9.95. The summed E-state index contributed by atoms with van der Waals surface area (Å²) >= 11 is 6.17. The van der Waals surface area contributed by atoms with E-state index in [-0.39, 0.29) is 0 Å². The largest absolute Gasteiger partial charge is 0.369 e. The molecule has 0 aromatic heterocycles. The molecular formula is C15H27ClO. The van der Waals surface area contributed by atoms with Gasteiger partial charge in [-0.15, -0.1) is 11.6 Å². The van der Waals surface area contributed by atoms with Gasteiger partial charge in [0.05, 0.1) is 12.2 Å². The highest BCUT2D eigenvalue weighted by atomic mass is 35.5. The number of halogens is 1. The minimum atomic E-state index is 0.415. The van der Waals surface area contributed by atoms with Gasteiger partial charge in [0, 0.05) is 5.38 Å². The lowest BCUT2D eigenvalue weighted by molar-refractivity contribution is 0.248. The molecule has 0 bridgehead atoms. The number of epoxide rings is 1. The Kier molecular flexibility index (Phi) is 4.41. The highest BCUT2D eigenvalue weighted by molar-refractivity contribution is 6.20. The van der Waals surface area contributed by atoms with Gasteiger partial charge in [-0.2, -0.15) is 0 Å². The Bertz CT molecular complexity index is 251. The predicted molar refractivity (Wildman–Crippen MR) is 73.6 cm³/mol. The number of unbranched alkanes of at least 4 members (excludes halogenated alkanes) is 1. The number of ether oxygens (including phenoxy) is 1. The van der Waals surface area contributed by atoms with Crippen molar-refractivity contribution in [1.82, 2.24) is 0 Å². The third-order valence-corrected chi connectivity index (χ3v) is 4.85. The van der Waals surface area contributed by atoms with Crippen molar-refractivity contribution in [2.75, 3.05) is 0 Å². The van der Waals surface area contributed by atoms with E-state index in [1.807, 2.05) is 0 Å². The van der Waals surface area contributed by atoms with Crippen molar-refractivity contribution in [3.63, 3.8) is 0 Å². The van der Waals surface area contributed by atoms with E-state index in [1.54, 1.807) is 0 Å². The highest BCUT2D eigenvalue weighted by Crippen LogP contribution is 2.45. The summed E-state index contributed by atoms with van der Waals surface area (Å²) in [7, 11) is 0. The lowest BCUT2D eigenvalue weighted by Gasteiger charge is -2.23. The molecule has 2 aliphatic rings. The third-order valence-electron chi connectivity index (χ3n) is 4.46. The minimum absolute atomic E-state index is 0.415. The second kappa shape index (κ2) is 5.48. The molecule has 0 N–H and O–H groups in total. The van der Waals surface area contributed by atoms with Crippen LogP contribution in [0.15, 0.2) is 0 Å². The van der Waals surface area contributed by atoms with Crippen molar-refractivity contribution < 1.29 is 4.74 Å². The molecule has 0 spiro atoms. The lowest BCUT2D eigenvalue weighted by atomic mass is 9.81. The first-order valence-corrected chi connectivity index (χ1v) is 7.75. The topological polar surface area (TPSA) is 12.5 Å². The van der Waals surface area contributed by atoms with Gasteiger partial charge in [0.15, 0.2) is 0 Å². The fraction of sp³-hybridized carbons (Fsp3) is 1.00. The maximum atomic E-state index is 6.17. The minimum Gasteiger partial charge on any atom is -0.369 e. The molecule has 17 heavy (non-hydrogen) atoms. The first kappa shape index (κ1) is 13.7. The van der Waals surface area contributed by atoms with Crippen LogP contribution in [-0.4, -0.2) is 17.6 Å². The first-order valence-electron chi connectivity index (χ1n) is 7.31. The fourth-order valence-corrected chi connectivity index (χ4v) is 3.65. The molecule has 0 amide bonds. The van der Waals surface area contributed by atoms with Gasteiger partial charge in [0.25, 0.3) is 0 Å². The molecule has 2 heteroatoms. The number of hydrogen-bond donors (Lipinski definition) is 0. The molecule has 0 aromatic carbocycles. The summed E-state index contributed by atoms with van der Waals surface area (Å²) in [6.45, 7) is 7.05. The molecule has 2 rings (SSSR count). The molecule has 1 saturated carbocycles. The van der Waals surface area contributed by atoms with Gasteiger partial charge in [-0.25, -0.2) is 0 Å². The van der Waals surface area contributed by atoms with E-state index in [0.29, 0.717) is 23.0 Å². The summed E-state index contributed by atoms with van der Waals surface area (Å²) in [5.41, 5.74) is 0.453. The zero-order valence-electron chi connectivity index (χ0n) is 11.5. The standard InChI is InChI=1S/C15H27ClO/c1-4-5-8-15(2,3)10-13-14(17-13)11-6-7-12(16)9-11/h11-14H,4-10H2,1-3H3. The van der Waals surface area contributed by atoms with Crippen LogP contribution in [-0.2, 0) is 4.74 Å². The maximum Gasteiger partial charge on any atom is 0.0870 e. The van der Waals surface area contributed by atoms with Crippen LogP contribution in [0.2, 0.25) is 0 Å². The number of alkyl halides is 1. The molecule has 1 nitrogen and oxygen atoms in total. The van der Waals surface area contributed by atoms with Gasteiger partial charge >= 0.3 is 0 Å². The molecule has 1 aliphatic heterocycles. The zero-order chi connectivity index (χ0) is 12.5. The molecule has 1 aliphatic carbocycles. The Morgan fingerprint density at radius 1 is 1.29 bits per heavy atom. The predicted octanol–water partition coefficient (Wildman–Crippen LogP) is 4.77. The number of rotatable bonds is 6. The van der Waals surface area contributed by atoms with Gasteiger partial charge < -0.3 is 4.74 Å². The van der Waals surface area contributed by atoms with Crippen LogP contribution in [0.4, 0.5) is 0 Å². The Morgan fingerprint density at radius 2 is 2.06 bits per heavy atom. The van der Waals surface area contributed by atoms with Crippen LogP contribution >= 0.6 is 11.6 Å². The van der Waals surface area contributed by atoms with Crippen molar-refractivity contribution in [3.8, 4) is 0 Å². The van der Waals surface area contributed by atoms with E-state index < -0.39 is 0 Å². The Balaban J connectivity index is 1.72. The van der Waals surface area contributed by atoms with Crippen LogP contribution in [0, 0.1) is 11.3 Å². The SMILES string of the molecule is CCCCC(C)(C)CC1OC1C1CCC(Cl)C1. The van der Waals surface area contributed by atoms with Gasteiger partial charge in [-0.1, -0.05) is 33.6 Å². The summed E-state index contributed by atoms with van der Waals surface area (Å²) in [4.78, 5) is 0.